The molecule has 0 spiro atoms. The van der Waals surface area contributed by atoms with E-state index in [1.54, 1.807) is 6.07 Å². The first kappa shape index (κ1) is 20.7. The minimum Gasteiger partial charge on any atom is -0.489 e. The van der Waals surface area contributed by atoms with Crippen molar-refractivity contribution in [1.29, 1.82) is 0 Å². The van der Waals surface area contributed by atoms with Crippen molar-refractivity contribution in [3.8, 4) is 5.75 Å². The Balaban J connectivity index is 1.44. The van der Waals surface area contributed by atoms with Gasteiger partial charge in [-0.25, -0.2) is 0 Å². The molecule has 1 aromatic heterocycles. The van der Waals surface area contributed by atoms with E-state index in [1.165, 1.54) is 4.90 Å². The van der Waals surface area contributed by atoms with Gasteiger partial charge in [0.05, 0.1) is 19.0 Å². The molecule has 4 atom stereocenters. The number of ether oxygens (including phenoxy) is 2. The topological polar surface area (TPSA) is 62.0 Å². The van der Waals surface area contributed by atoms with Crippen LogP contribution in [0.3, 0.4) is 0 Å². The van der Waals surface area contributed by atoms with Crippen LogP contribution in [0.4, 0.5) is 0 Å². The van der Waals surface area contributed by atoms with Gasteiger partial charge >= 0.3 is 5.97 Å². The summed E-state index contributed by atoms with van der Waals surface area (Å²) in [5.74, 6) is 1.27. The highest BCUT2D eigenvalue weighted by molar-refractivity contribution is 5.71. The van der Waals surface area contributed by atoms with E-state index in [-0.39, 0.29) is 23.6 Å². The number of esters is 1. The second kappa shape index (κ2) is 9.04. The highest BCUT2D eigenvalue weighted by Crippen LogP contribution is 2.30. The summed E-state index contributed by atoms with van der Waals surface area (Å²) < 4.78 is 13.7. The average molecular weight is 412 g/mol. The Kier molecular flexibility index (Phi) is 6.23. The number of aromatic nitrogens is 1. The lowest BCUT2D eigenvalue weighted by Crippen LogP contribution is -3.15. The van der Waals surface area contributed by atoms with Gasteiger partial charge in [-0.2, -0.15) is 0 Å². The Bertz CT molecular complexity index is 924. The molecule has 6 heteroatoms. The quantitative estimate of drug-likeness (QED) is 0.702. The van der Waals surface area contributed by atoms with Crippen LogP contribution >= 0.6 is 0 Å². The number of carbonyl (C=O) groups excluding carboxylic acids is 1. The minimum atomic E-state index is -0.299. The van der Waals surface area contributed by atoms with Crippen LogP contribution in [0.1, 0.15) is 31.9 Å². The number of piperidine rings is 1. The van der Waals surface area contributed by atoms with Crippen molar-refractivity contribution in [2.24, 2.45) is 11.8 Å². The molecule has 0 radical (unpaired) electrons. The molecule has 0 amide bonds. The van der Waals surface area contributed by atoms with Crippen LogP contribution in [-0.2, 0) is 16.1 Å². The van der Waals surface area contributed by atoms with Crippen LogP contribution in [-0.4, -0.2) is 42.9 Å². The summed E-state index contributed by atoms with van der Waals surface area (Å²) in [6, 6.07) is 15.2. The highest BCUT2D eigenvalue weighted by Gasteiger charge is 2.38. The van der Waals surface area contributed by atoms with E-state index in [2.05, 4.69) is 6.07 Å². The lowest BCUT2D eigenvalue weighted by Gasteiger charge is -2.41. The van der Waals surface area contributed by atoms with E-state index in [4.69, 9.17) is 9.47 Å². The smallest absolute Gasteiger partial charge is 0.308 e. The van der Waals surface area contributed by atoms with Crippen LogP contribution in [0, 0.1) is 11.8 Å². The number of nitrogens with one attached hydrogen (secondary N) is 1. The largest absolute Gasteiger partial charge is 0.489 e. The zero-order chi connectivity index (χ0) is 21.1. The third kappa shape index (κ3) is 4.75. The van der Waals surface area contributed by atoms with E-state index < -0.39 is 0 Å². The van der Waals surface area contributed by atoms with Crippen LogP contribution in [0.25, 0.3) is 0 Å². The Morgan fingerprint density at radius 3 is 2.70 bits per heavy atom. The normalized spacial score (nSPS) is 23.5. The lowest BCUT2D eigenvalue weighted by molar-refractivity contribution is -0.913. The van der Waals surface area contributed by atoms with E-state index in [9.17, 15) is 9.59 Å². The molecule has 0 aliphatic carbocycles. The molecule has 1 saturated heterocycles. The molecule has 6 nitrogen and oxygen atoms in total. The standard InChI is InChI=1S/C24H30N2O4/c1-17(2)24(28)30-21(16-29-20-7-4-3-5-8-20)15-25-12-18-11-19(14-25)22-9-6-10-23(27)26(22)13-18/h3-10,17-19,21H,11-16H2,1-2H3/p+1. The number of nitrogens with zero attached hydrogens (tertiary/aromatic N) is 1. The Labute approximate surface area is 177 Å². The molecule has 1 fully saturated rings. The van der Waals surface area contributed by atoms with Gasteiger partial charge in [0, 0.05) is 30.1 Å². The molecule has 3 heterocycles. The number of hydrogen-bond donors (Lipinski definition) is 1. The fraction of sp³-hybridized carbons (Fsp3) is 0.500. The molecule has 1 aromatic carbocycles. The van der Waals surface area contributed by atoms with E-state index in [1.807, 2.05) is 54.8 Å². The van der Waals surface area contributed by atoms with Crippen LogP contribution in [0.5, 0.6) is 5.75 Å². The molecule has 4 unspecified atom stereocenters. The first-order valence-corrected chi connectivity index (χ1v) is 10.9. The maximum absolute atomic E-state index is 12.3. The lowest BCUT2D eigenvalue weighted by atomic mass is 9.83. The number of likely N-dealkylation sites (tertiary alicyclic amines) is 1. The summed E-state index contributed by atoms with van der Waals surface area (Å²) in [4.78, 5) is 25.9. The maximum Gasteiger partial charge on any atom is 0.308 e. The zero-order valence-corrected chi connectivity index (χ0v) is 17.8. The maximum atomic E-state index is 12.3. The third-order valence-corrected chi connectivity index (χ3v) is 6.12. The molecule has 2 aromatic rings. The summed E-state index contributed by atoms with van der Waals surface area (Å²) >= 11 is 0. The summed E-state index contributed by atoms with van der Waals surface area (Å²) in [6.45, 7) is 7.48. The number of para-hydroxylation sites is 1. The predicted molar refractivity (Wildman–Crippen MR) is 114 cm³/mol. The number of hydrogen-bond acceptors (Lipinski definition) is 4. The molecule has 2 aliphatic rings. The Morgan fingerprint density at radius 1 is 1.13 bits per heavy atom. The minimum absolute atomic E-state index is 0.102. The van der Waals surface area contributed by atoms with Crippen molar-refractivity contribution in [3.05, 3.63) is 64.6 Å². The molecular weight excluding hydrogens is 380 g/mol. The third-order valence-electron chi connectivity index (χ3n) is 6.12. The number of fused-ring (bicyclic) bond motifs is 4. The van der Waals surface area contributed by atoms with Gasteiger partial charge in [-0.1, -0.05) is 38.1 Å². The van der Waals surface area contributed by atoms with Crippen molar-refractivity contribution in [1.82, 2.24) is 4.57 Å². The SMILES string of the molecule is CC(C)C(=O)OC(COc1ccccc1)C[NH+]1CC2CC(C1)c1cccc(=O)n1C2. The molecule has 2 bridgehead atoms. The van der Waals surface area contributed by atoms with E-state index in [0.717, 1.165) is 44.0 Å². The van der Waals surface area contributed by atoms with E-state index in [0.29, 0.717) is 18.4 Å². The number of benzene rings is 1. The van der Waals surface area contributed by atoms with Crippen molar-refractivity contribution in [2.45, 2.75) is 38.8 Å². The first-order valence-electron chi connectivity index (χ1n) is 10.9. The summed E-state index contributed by atoms with van der Waals surface area (Å²) in [6.07, 6.45) is 0.830. The van der Waals surface area contributed by atoms with Gasteiger partial charge in [0.15, 0.2) is 6.10 Å². The summed E-state index contributed by atoms with van der Waals surface area (Å²) in [5.41, 5.74) is 1.25. The fourth-order valence-electron chi connectivity index (χ4n) is 4.75. The molecule has 1 N–H and O–H groups in total. The molecule has 160 valence electrons. The van der Waals surface area contributed by atoms with Crippen molar-refractivity contribution < 1.29 is 19.2 Å². The molecular formula is C24H31N2O4+. The predicted octanol–water partition coefficient (Wildman–Crippen LogP) is 1.50. The zero-order valence-electron chi connectivity index (χ0n) is 17.8. The number of carbonyl (C=O) groups is 1. The second-order valence-electron chi connectivity index (χ2n) is 8.90. The van der Waals surface area contributed by atoms with Crippen molar-refractivity contribution in [2.75, 3.05) is 26.2 Å². The Morgan fingerprint density at radius 2 is 1.93 bits per heavy atom. The van der Waals surface area contributed by atoms with Crippen LogP contribution < -0.4 is 15.2 Å². The molecule has 0 saturated carbocycles. The average Bonchev–Trinajstić information content (AvgIpc) is 2.73. The van der Waals surface area contributed by atoms with Crippen molar-refractivity contribution in [3.63, 3.8) is 0 Å². The van der Waals surface area contributed by atoms with Crippen LogP contribution in [0.15, 0.2) is 53.3 Å². The summed E-state index contributed by atoms with van der Waals surface area (Å²) in [5, 5.41) is 0. The molecule has 2 aliphatic heterocycles. The number of rotatable bonds is 7. The molecule has 30 heavy (non-hydrogen) atoms. The van der Waals surface area contributed by atoms with Gasteiger partial charge in [-0.15, -0.1) is 0 Å². The first-order chi connectivity index (χ1) is 14.5. The number of pyridine rings is 1. The van der Waals surface area contributed by atoms with Gasteiger partial charge < -0.3 is 18.9 Å². The van der Waals surface area contributed by atoms with Crippen LogP contribution in [0.2, 0.25) is 0 Å². The Hall–Kier alpha value is -2.60. The van der Waals surface area contributed by atoms with Gasteiger partial charge in [0.25, 0.3) is 5.56 Å². The van der Waals surface area contributed by atoms with Gasteiger partial charge in [-0.3, -0.25) is 9.59 Å². The second-order valence-corrected chi connectivity index (χ2v) is 8.90. The van der Waals surface area contributed by atoms with E-state index >= 15 is 0 Å². The highest BCUT2D eigenvalue weighted by atomic mass is 16.6. The molecule has 4 rings (SSSR count). The fourth-order valence-corrected chi connectivity index (χ4v) is 4.75. The van der Waals surface area contributed by atoms with Gasteiger partial charge in [-0.05, 0) is 24.6 Å². The summed E-state index contributed by atoms with van der Waals surface area (Å²) in [7, 11) is 0. The number of quaternary nitrogens is 1. The van der Waals surface area contributed by atoms with Crippen molar-refractivity contribution >= 4 is 5.97 Å². The van der Waals surface area contributed by atoms with Gasteiger partial charge in [0.1, 0.15) is 18.9 Å². The monoisotopic (exact) mass is 411 g/mol. The van der Waals surface area contributed by atoms with Gasteiger partial charge in [0.2, 0.25) is 0 Å².